The Bertz CT molecular complexity index is 637. The number of carboxylic acids is 1. The fraction of sp³-hybridized carbons (Fsp3) is 0.333. The quantitative estimate of drug-likeness (QED) is 0.784. The van der Waals surface area contributed by atoms with Gasteiger partial charge in [-0.05, 0) is 43.2 Å². The first-order valence-corrected chi connectivity index (χ1v) is 7.86. The number of carboxylic acid groups (broad SMARTS) is 1. The zero-order valence-corrected chi connectivity index (χ0v) is 13.6. The van der Waals surface area contributed by atoms with E-state index in [-0.39, 0.29) is 0 Å². The number of benzene rings is 1. The number of nitrogens with zero attached hydrogens (tertiary/aromatic N) is 2. The molecule has 0 aliphatic carbocycles. The van der Waals surface area contributed by atoms with Gasteiger partial charge in [-0.3, -0.25) is 0 Å². The summed E-state index contributed by atoms with van der Waals surface area (Å²) in [7, 11) is 0. The second-order valence-corrected chi connectivity index (χ2v) is 5.31. The summed E-state index contributed by atoms with van der Waals surface area (Å²) in [4.78, 5) is 17.6. The van der Waals surface area contributed by atoms with Gasteiger partial charge in [-0.25, -0.2) is 9.78 Å². The molecule has 5 nitrogen and oxygen atoms in total. The molecule has 0 saturated heterocycles. The number of hydrogen-bond donors (Lipinski definition) is 2. The SMILES string of the molecule is CCN(CC)c1ccc(CNCc2cccc(C(=O)O)c2)cn1. The predicted molar refractivity (Wildman–Crippen MR) is 91.7 cm³/mol. The lowest BCUT2D eigenvalue weighted by atomic mass is 10.1. The van der Waals surface area contributed by atoms with E-state index in [1.165, 1.54) is 0 Å². The number of aromatic nitrogens is 1. The van der Waals surface area contributed by atoms with E-state index >= 15 is 0 Å². The molecule has 0 saturated carbocycles. The van der Waals surface area contributed by atoms with Gasteiger partial charge in [0.25, 0.3) is 0 Å². The van der Waals surface area contributed by atoms with Crippen molar-refractivity contribution in [2.24, 2.45) is 0 Å². The highest BCUT2D eigenvalue weighted by molar-refractivity contribution is 5.87. The van der Waals surface area contributed by atoms with Crippen molar-refractivity contribution in [3.05, 3.63) is 59.3 Å². The predicted octanol–water partition coefficient (Wildman–Crippen LogP) is 2.92. The fourth-order valence-electron chi connectivity index (χ4n) is 2.42. The molecule has 0 atom stereocenters. The van der Waals surface area contributed by atoms with Gasteiger partial charge in [-0.1, -0.05) is 18.2 Å². The molecule has 23 heavy (non-hydrogen) atoms. The van der Waals surface area contributed by atoms with Crippen LogP contribution in [-0.4, -0.2) is 29.1 Å². The summed E-state index contributed by atoms with van der Waals surface area (Å²) in [6.07, 6.45) is 1.88. The molecule has 0 radical (unpaired) electrons. The number of pyridine rings is 1. The molecule has 0 spiro atoms. The first-order valence-electron chi connectivity index (χ1n) is 7.86. The highest BCUT2D eigenvalue weighted by Gasteiger charge is 2.04. The molecule has 0 aliphatic rings. The average molecular weight is 313 g/mol. The minimum Gasteiger partial charge on any atom is -0.478 e. The van der Waals surface area contributed by atoms with Gasteiger partial charge in [-0.15, -0.1) is 0 Å². The van der Waals surface area contributed by atoms with Crippen molar-refractivity contribution in [2.75, 3.05) is 18.0 Å². The molecular weight excluding hydrogens is 290 g/mol. The third kappa shape index (κ3) is 4.79. The zero-order valence-electron chi connectivity index (χ0n) is 13.6. The van der Waals surface area contributed by atoms with Crippen LogP contribution < -0.4 is 10.2 Å². The number of anilines is 1. The van der Waals surface area contributed by atoms with Crippen molar-refractivity contribution in [1.29, 1.82) is 0 Å². The molecule has 1 aromatic carbocycles. The lowest BCUT2D eigenvalue weighted by Crippen LogP contribution is -2.23. The lowest BCUT2D eigenvalue weighted by molar-refractivity contribution is 0.0696. The summed E-state index contributed by atoms with van der Waals surface area (Å²) in [5.74, 6) is 0.0935. The molecule has 0 aliphatic heterocycles. The monoisotopic (exact) mass is 313 g/mol. The summed E-state index contributed by atoms with van der Waals surface area (Å²) in [5, 5.41) is 12.3. The van der Waals surface area contributed by atoms with Crippen LogP contribution in [-0.2, 0) is 13.1 Å². The first kappa shape index (κ1) is 17.0. The lowest BCUT2D eigenvalue weighted by Gasteiger charge is -2.19. The van der Waals surface area contributed by atoms with Crippen LogP contribution in [0.2, 0.25) is 0 Å². The Morgan fingerprint density at radius 1 is 1.13 bits per heavy atom. The molecule has 5 heteroatoms. The van der Waals surface area contributed by atoms with E-state index in [2.05, 4.69) is 35.1 Å². The minimum atomic E-state index is -0.900. The first-order chi connectivity index (χ1) is 11.1. The Morgan fingerprint density at radius 2 is 1.87 bits per heavy atom. The third-order valence-electron chi connectivity index (χ3n) is 3.73. The van der Waals surface area contributed by atoms with Gasteiger partial charge in [-0.2, -0.15) is 0 Å². The van der Waals surface area contributed by atoms with Gasteiger partial charge in [0, 0.05) is 32.4 Å². The topological polar surface area (TPSA) is 65.5 Å². The molecule has 1 heterocycles. The summed E-state index contributed by atoms with van der Waals surface area (Å²) >= 11 is 0. The van der Waals surface area contributed by atoms with Gasteiger partial charge in [0.05, 0.1) is 5.56 Å². The highest BCUT2D eigenvalue weighted by atomic mass is 16.4. The van der Waals surface area contributed by atoms with Crippen LogP contribution in [0.5, 0.6) is 0 Å². The molecule has 2 N–H and O–H groups in total. The van der Waals surface area contributed by atoms with Crippen LogP contribution in [0.15, 0.2) is 42.6 Å². The number of hydrogen-bond acceptors (Lipinski definition) is 4. The van der Waals surface area contributed by atoms with Crippen molar-refractivity contribution in [1.82, 2.24) is 10.3 Å². The van der Waals surface area contributed by atoms with Gasteiger partial charge in [0.2, 0.25) is 0 Å². The Morgan fingerprint density at radius 3 is 2.48 bits per heavy atom. The minimum absolute atomic E-state index is 0.314. The number of carbonyl (C=O) groups is 1. The zero-order chi connectivity index (χ0) is 16.7. The van der Waals surface area contributed by atoms with E-state index in [1.54, 1.807) is 18.2 Å². The molecule has 1 aromatic heterocycles. The van der Waals surface area contributed by atoms with Crippen LogP contribution in [0.4, 0.5) is 5.82 Å². The van der Waals surface area contributed by atoms with E-state index in [9.17, 15) is 4.79 Å². The van der Waals surface area contributed by atoms with Crippen molar-refractivity contribution in [2.45, 2.75) is 26.9 Å². The van der Waals surface area contributed by atoms with Crippen LogP contribution >= 0.6 is 0 Å². The van der Waals surface area contributed by atoms with E-state index in [0.717, 1.165) is 30.0 Å². The summed E-state index contributed by atoms with van der Waals surface area (Å²) in [5.41, 5.74) is 2.38. The van der Waals surface area contributed by atoms with Gasteiger partial charge in [0.15, 0.2) is 0 Å². The molecular formula is C18H23N3O2. The Hall–Kier alpha value is -2.40. The van der Waals surface area contributed by atoms with Gasteiger partial charge in [0.1, 0.15) is 5.82 Å². The van der Waals surface area contributed by atoms with Crippen LogP contribution in [0, 0.1) is 0 Å². The summed E-state index contributed by atoms with van der Waals surface area (Å²) in [6.45, 7) is 7.45. The Balaban J connectivity index is 1.89. The van der Waals surface area contributed by atoms with E-state index in [0.29, 0.717) is 18.7 Å². The maximum atomic E-state index is 11.0. The molecule has 2 aromatic rings. The van der Waals surface area contributed by atoms with Crippen molar-refractivity contribution >= 4 is 11.8 Å². The van der Waals surface area contributed by atoms with Gasteiger partial charge < -0.3 is 15.3 Å². The fourth-order valence-corrected chi connectivity index (χ4v) is 2.42. The van der Waals surface area contributed by atoms with Crippen molar-refractivity contribution in [3.8, 4) is 0 Å². The van der Waals surface area contributed by atoms with Crippen LogP contribution in [0.3, 0.4) is 0 Å². The Labute approximate surface area is 137 Å². The number of aromatic carboxylic acids is 1. The maximum absolute atomic E-state index is 11.0. The van der Waals surface area contributed by atoms with E-state index in [4.69, 9.17) is 5.11 Å². The molecule has 0 fully saturated rings. The second kappa shape index (κ2) is 8.29. The molecule has 0 unspecified atom stereocenters. The van der Waals surface area contributed by atoms with Crippen molar-refractivity contribution in [3.63, 3.8) is 0 Å². The Kier molecular flexibility index (Phi) is 6.11. The largest absolute Gasteiger partial charge is 0.478 e. The van der Waals surface area contributed by atoms with Crippen LogP contribution in [0.1, 0.15) is 35.3 Å². The van der Waals surface area contributed by atoms with E-state index < -0.39 is 5.97 Å². The smallest absolute Gasteiger partial charge is 0.335 e. The number of nitrogens with one attached hydrogen (secondary N) is 1. The molecule has 0 amide bonds. The third-order valence-corrected chi connectivity index (χ3v) is 3.73. The van der Waals surface area contributed by atoms with Crippen molar-refractivity contribution < 1.29 is 9.90 Å². The number of rotatable bonds is 8. The van der Waals surface area contributed by atoms with E-state index in [1.807, 2.05) is 18.3 Å². The van der Waals surface area contributed by atoms with Gasteiger partial charge >= 0.3 is 5.97 Å². The molecule has 2 rings (SSSR count). The summed E-state index contributed by atoms with van der Waals surface area (Å²) in [6, 6.07) is 11.1. The second-order valence-electron chi connectivity index (χ2n) is 5.31. The average Bonchev–Trinajstić information content (AvgIpc) is 2.57. The normalized spacial score (nSPS) is 10.5. The highest BCUT2D eigenvalue weighted by Crippen LogP contribution is 2.11. The summed E-state index contributed by atoms with van der Waals surface area (Å²) < 4.78 is 0. The maximum Gasteiger partial charge on any atom is 0.335 e. The molecule has 0 bridgehead atoms. The van der Waals surface area contributed by atoms with Crippen LogP contribution in [0.25, 0.3) is 0 Å². The molecule has 122 valence electrons. The standard InChI is InChI=1S/C18H23N3O2/c1-3-21(4-2)17-9-8-15(13-20-17)12-19-11-14-6-5-7-16(10-14)18(22)23/h5-10,13,19H,3-4,11-12H2,1-2H3,(H,22,23).